The number of hydrogen-bond acceptors (Lipinski definition) is 12. The second-order valence-corrected chi connectivity index (χ2v) is 14.3. The highest BCUT2D eigenvalue weighted by atomic mass is 16.7. The third-order valence-electron chi connectivity index (χ3n) is 10.2. The van der Waals surface area contributed by atoms with Crippen molar-refractivity contribution in [3.63, 3.8) is 0 Å². The van der Waals surface area contributed by atoms with Crippen LogP contribution in [0.1, 0.15) is 60.8 Å². The van der Waals surface area contributed by atoms with Gasteiger partial charge < -0.3 is 53.4 Å². The van der Waals surface area contributed by atoms with E-state index in [9.17, 15) is 20.1 Å². The minimum absolute atomic E-state index is 0.0487. The van der Waals surface area contributed by atoms with Gasteiger partial charge in [0.25, 0.3) is 0 Å². The number of aliphatic hydroxyl groups is 3. The van der Waals surface area contributed by atoms with Crippen LogP contribution in [0.5, 0.6) is 0 Å². The number of cyclic esters (lactones) is 1. The van der Waals surface area contributed by atoms with Crippen LogP contribution < -0.4 is 0 Å². The van der Waals surface area contributed by atoms with Crippen molar-refractivity contribution < 1.29 is 53.3 Å². The number of allylic oxidation sites excluding steroid dienone is 2. The lowest BCUT2D eigenvalue weighted by atomic mass is 9.84. The molecule has 16 atom stereocenters. The van der Waals surface area contributed by atoms with Crippen LogP contribution in [0.2, 0.25) is 0 Å². The van der Waals surface area contributed by atoms with Crippen molar-refractivity contribution >= 4 is 5.97 Å². The zero-order valence-electron chi connectivity index (χ0n) is 31.1. The van der Waals surface area contributed by atoms with E-state index in [-0.39, 0.29) is 42.4 Å². The molecule has 16 unspecified atom stereocenters. The normalized spacial score (nSPS) is 43.1. The van der Waals surface area contributed by atoms with Crippen LogP contribution in [0.3, 0.4) is 0 Å². The molecule has 2 saturated heterocycles. The first-order valence-electron chi connectivity index (χ1n) is 17.8. The van der Waals surface area contributed by atoms with Gasteiger partial charge in [-0.05, 0) is 59.0 Å². The predicted octanol–water partition coefficient (Wildman–Crippen LogP) is 3.23. The Bertz CT molecular complexity index is 1080. The molecule has 3 aliphatic rings. The van der Waals surface area contributed by atoms with Crippen molar-refractivity contribution in [1.82, 2.24) is 4.90 Å². The summed E-state index contributed by atoms with van der Waals surface area (Å²) in [7, 11) is 6.88. The van der Waals surface area contributed by atoms with Crippen molar-refractivity contribution in [2.24, 2.45) is 23.7 Å². The van der Waals surface area contributed by atoms with Gasteiger partial charge in [-0.1, -0.05) is 58.1 Å². The van der Waals surface area contributed by atoms with Crippen molar-refractivity contribution in [3.8, 4) is 0 Å². The van der Waals surface area contributed by atoms with Crippen molar-refractivity contribution in [2.45, 2.75) is 134 Å². The SMILES string of the molecule is CCC1OC(=O)C=CC(C)C(OC2OC(C)CC(N(C)C)C2O)C(C)CC(C)C(O)C=CC=CC1COC1OC(C)C(O)C(OC)C1OC. The fourth-order valence-electron chi connectivity index (χ4n) is 7.15. The molecular formula is C37H63NO11. The summed E-state index contributed by atoms with van der Waals surface area (Å²) in [5.41, 5.74) is 0. The maximum Gasteiger partial charge on any atom is 0.330 e. The molecule has 3 rings (SSSR count). The smallest absolute Gasteiger partial charge is 0.330 e. The Morgan fingerprint density at radius 3 is 2.14 bits per heavy atom. The summed E-state index contributed by atoms with van der Waals surface area (Å²) in [6, 6.07) is -0.126. The van der Waals surface area contributed by atoms with E-state index in [2.05, 4.69) is 6.92 Å². The molecule has 0 aliphatic carbocycles. The summed E-state index contributed by atoms with van der Waals surface area (Å²) >= 11 is 0. The van der Waals surface area contributed by atoms with Gasteiger partial charge in [-0.15, -0.1) is 0 Å². The lowest BCUT2D eigenvalue weighted by Crippen LogP contribution is -2.59. The van der Waals surface area contributed by atoms with E-state index in [1.165, 1.54) is 20.3 Å². The molecule has 0 bridgehead atoms. The number of ether oxygens (including phenoxy) is 7. The first-order valence-corrected chi connectivity index (χ1v) is 17.8. The monoisotopic (exact) mass is 697 g/mol. The number of nitrogens with zero attached hydrogens (tertiary/aromatic N) is 1. The molecule has 0 aromatic heterocycles. The van der Waals surface area contributed by atoms with Crippen LogP contribution in [0.15, 0.2) is 36.5 Å². The number of hydrogen-bond donors (Lipinski definition) is 3. The molecule has 0 saturated carbocycles. The summed E-state index contributed by atoms with van der Waals surface area (Å²) in [4.78, 5) is 15.3. The molecule has 0 radical (unpaired) electrons. The van der Waals surface area contributed by atoms with E-state index in [0.717, 1.165) is 0 Å². The Morgan fingerprint density at radius 2 is 1.51 bits per heavy atom. The average molecular weight is 698 g/mol. The molecule has 12 nitrogen and oxygen atoms in total. The second-order valence-electron chi connectivity index (χ2n) is 14.3. The van der Waals surface area contributed by atoms with Crippen molar-refractivity contribution in [3.05, 3.63) is 36.5 Å². The highest BCUT2D eigenvalue weighted by Gasteiger charge is 2.45. The number of esters is 1. The maximum atomic E-state index is 13.3. The Labute approximate surface area is 293 Å². The van der Waals surface area contributed by atoms with Crippen LogP contribution in [0, 0.1) is 23.7 Å². The van der Waals surface area contributed by atoms with Crippen LogP contribution in [-0.2, 0) is 38.0 Å². The van der Waals surface area contributed by atoms with E-state index in [4.69, 9.17) is 33.2 Å². The average Bonchev–Trinajstić information content (AvgIpc) is 3.06. The van der Waals surface area contributed by atoms with Crippen LogP contribution in [-0.4, -0.2) is 135 Å². The molecule has 3 aliphatic heterocycles. The van der Waals surface area contributed by atoms with Crippen molar-refractivity contribution in [1.29, 1.82) is 0 Å². The number of likely N-dealkylation sites (N-methyl/N-ethyl adjacent to an activating group) is 1. The Morgan fingerprint density at radius 1 is 0.837 bits per heavy atom. The van der Waals surface area contributed by atoms with Crippen LogP contribution in [0.4, 0.5) is 0 Å². The molecule has 3 heterocycles. The third-order valence-corrected chi connectivity index (χ3v) is 10.2. The summed E-state index contributed by atoms with van der Waals surface area (Å²) in [6.07, 6.45) is 5.23. The van der Waals surface area contributed by atoms with Gasteiger partial charge >= 0.3 is 5.97 Å². The minimum Gasteiger partial charge on any atom is -0.459 e. The molecule has 282 valence electrons. The maximum absolute atomic E-state index is 13.3. The van der Waals surface area contributed by atoms with Crippen molar-refractivity contribution in [2.75, 3.05) is 34.9 Å². The number of carbonyl (C=O) groups is 1. The van der Waals surface area contributed by atoms with Gasteiger partial charge in [-0.25, -0.2) is 4.79 Å². The molecule has 0 spiro atoms. The van der Waals surface area contributed by atoms with Gasteiger partial charge in [0.1, 0.15) is 30.5 Å². The molecule has 3 N–H and O–H groups in total. The highest BCUT2D eigenvalue weighted by molar-refractivity contribution is 5.82. The zero-order valence-corrected chi connectivity index (χ0v) is 31.1. The topological polar surface area (TPSA) is 146 Å². The van der Waals surface area contributed by atoms with Gasteiger partial charge in [0.05, 0.1) is 31.0 Å². The summed E-state index contributed by atoms with van der Waals surface area (Å²) < 4.78 is 41.9. The predicted molar refractivity (Wildman–Crippen MR) is 184 cm³/mol. The first-order chi connectivity index (χ1) is 23.2. The van der Waals surface area contributed by atoms with E-state index >= 15 is 0 Å². The molecule has 0 amide bonds. The molecule has 49 heavy (non-hydrogen) atoms. The molecule has 2 fully saturated rings. The fourth-order valence-corrected chi connectivity index (χ4v) is 7.15. The minimum atomic E-state index is -0.887. The first kappa shape index (κ1) is 41.7. The number of carbonyl (C=O) groups excluding carboxylic acids is 1. The van der Waals surface area contributed by atoms with Crippen LogP contribution in [0.25, 0.3) is 0 Å². The van der Waals surface area contributed by atoms with E-state index < -0.39 is 67.4 Å². The van der Waals surface area contributed by atoms with Gasteiger partial charge in [0, 0.05) is 38.2 Å². The number of methoxy groups -OCH3 is 2. The molecule has 12 heteroatoms. The number of rotatable bonds is 9. The zero-order chi connectivity index (χ0) is 36.4. The third kappa shape index (κ3) is 11.4. The fraction of sp³-hybridized carbons (Fsp3) is 0.811. The molecule has 0 aromatic carbocycles. The second kappa shape index (κ2) is 19.8. The lowest BCUT2D eigenvalue weighted by Gasteiger charge is -2.43. The summed E-state index contributed by atoms with van der Waals surface area (Å²) in [5, 5.41) is 32.8. The summed E-state index contributed by atoms with van der Waals surface area (Å²) in [6.45, 7) is 11.8. The van der Waals surface area contributed by atoms with Crippen LogP contribution >= 0.6 is 0 Å². The van der Waals surface area contributed by atoms with E-state index in [1.54, 1.807) is 25.2 Å². The van der Waals surface area contributed by atoms with Gasteiger partial charge in [0.2, 0.25) is 0 Å². The Kier molecular flexibility index (Phi) is 16.8. The van der Waals surface area contributed by atoms with E-state index in [1.807, 2.05) is 58.8 Å². The quantitative estimate of drug-likeness (QED) is 0.304. The summed E-state index contributed by atoms with van der Waals surface area (Å²) in [5.74, 6) is -1.27. The standard InChI is InChI=1S/C37H63NO11/c1-11-29-26(20-45-37-35(44-10)34(43-9)31(41)25(6)47-37)14-12-13-15-28(39)22(3)18-23(4)33(21(2)16-17-30(40)48-29)49-36-32(42)27(38(7)8)19-24(5)46-36/h12-17,21-29,31-37,39,41-42H,11,18-20H2,1-10H3. The van der Waals surface area contributed by atoms with Gasteiger partial charge in [-0.2, -0.15) is 0 Å². The number of aliphatic hydroxyl groups excluding tert-OH is 3. The molecular weight excluding hydrogens is 634 g/mol. The Hall–Kier alpha value is -1.71. The largest absolute Gasteiger partial charge is 0.459 e. The van der Waals surface area contributed by atoms with E-state index in [0.29, 0.717) is 19.3 Å². The lowest BCUT2D eigenvalue weighted by molar-refractivity contribution is -0.304. The Balaban J connectivity index is 1.85. The van der Waals surface area contributed by atoms with Gasteiger partial charge in [-0.3, -0.25) is 0 Å². The molecule has 0 aromatic rings. The highest BCUT2D eigenvalue weighted by Crippen LogP contribution is 2.32. The van der Waals surface area contributed by atoms with Gasteiger partial charge in [0.15, 0.2) is 12.6 Å².